The highest BCUT2D eigenvalue weighted by Gasteiger charge is 2.28. The Hall–Kier alpha value is -0.580. The zero-order valence-corrected chi connectivity index (χ0v) is 12.9. The summed E-state index contributed by atoms with van der Waals surface area (Å²) in [5.74, 6) is 0. The number of hydrogen-bond acceptors (Lipinski definition) is 3. The lowest BCUT2D eigenvalue weighted by molar-refractivity contribution is 0.202. The van der Waals surface area contributed by atoms with E-state index in [0.717, 1.165) is 13.1 Å². The SMILES string of the molecule is Cc1ccc(N2CC(C)N(C)CC2CN)cc1Br. The molecule has 4 heteroatoms. The van der Waals surface area contributed by atoms with Gasteiger partial charge in [0.15, 0.2) is 0 Å². The third-order valence-corrected chi connectivity index (χ3v) is 4.77. The minimum atomic E-state index is 0.404. The molecular weight excluding hydrogens is 290 g/mol. The standard InChI is InChI=1S/C14H22BrN3/c1-10-4-5-12(6-14(10)15)18-8-11(2)17(3)9-13(18)7-16/h4-6,11,13H,7-9,16H2,1-3H3. The Morgan fingerprint density at radius 1 is 1.39 bits per heavy atom. The van der Waals surface area contributed by atoms with Gasteiger partial charge in [-0.3, -0.25) is 4.90 Å². The Labute approximate surface area is 118 Å². The molecule has 2 atom stereocenters. The second-order valence-corrected chi connectivity index (χ2v) is 6.12. The molecule has 1 aromatic carbocycles. The normalized spacial score (nSPS) is 25.5. The first kappa shape index (κ1) is 13.8. The smallest absolute Gasteiger partial charge is 0.0540 e. The molecule has 0 spiro atoms. The summed E-state index contributed by atoms with van der Waals surface area (Å²) in [6, 6.07) is 7.53. The molecule has 3 nitrogen and oxygen atoms in total. The van der Waals surface area contributed by atoms with Crippen molar-refractivity contribution in [1.82, 2.24) is 4.90 Å². The van der Waals surface area contributed by atoms with Gasteiger partial charge in [0.25, 0.3) is 0 Å². The Bertz CT molecular complexity index is 422. The first-order chi connectivity index (χ1) is 8.52. The summed E-state index contributed by atoms with van der Waals surface area (Å²) in [5, 5.41) is 0. The number of halogens is 1. The molecule has 0 bridgehead atoms. The Balaban J connectivity index is 2.26. The summed E-state index contributed by atoms with van der Waals surface area (Å²) >= 11 is 3.61. The quantitative estimate of drug-likeness (QED) is 0.909. The minimum absolute atomic E-state index is 0.404. The Morgan fingerprint density at radius 3 is 2.72 bits per heavy atom. The van der Waals surface area contributed by atoms with E-state index in [9.17, 15) is 0 Å². The van der Waals surface area contributed by atoms with Crippen molar-refractivity contribution in [3.8, 4) is 0 Å². The molecule has 0 saturated carbocycles. The van der Waals surface area contributed by atoms with Gasteiger partial charge in [-0.15, -0.1) is 0 Å². The number of piperazine rings is 1. The highest BCUT2D eigenvalue weighted by atomic mass is 79.9. The van der Waals surface area contributed by atoms with E-state index in [2.05, 4.69) is 64.8 Å². The van der Waals surface area contributed by atoms with E-state index in [-0.39, 0.29) is 0 Å². The average Bonchev–Trinajstić information content (AvgIpc) is 2.35. The fourth-order valence-corrected chi connectivity index (χ4v) is 2.83. The number of nitrogens with zero attached hydrogens (tertiary/aromatic N) is 2. The van der Waals surface area contributed by atoms with E-state index >= 15 is 0 Å². The number of hydrogen-bond donors (Lipinski definition) is 1. The van der Waals surface area contributed by atoms with Crippen LogP contribution in [0.5, 0.6) is 0 Å². The lowest BCUT2D eigenvalue weighted by atomic mass is 10.1. The maximum absolute atomic E-state index is 5.93. The summed E-state index contributed by atoms with van der Waals surface area (Å²) in [6.45, 7) is 7.14. The van der Waals surface area contributed by atoms with Crippen molar-refractivity contribution < 1.29 is 0 Å². The van der Waals surface area contributed by atoms with E-state index in [4.69, 9.17) is 5.73 Å². The Morgan fingerprint density at radius 2 is 2.11 bits per heavy atom. The lowest BCUT2D eigenvalue weighted by Crippen LogP contribution is -2.58. The highest BCUT2D eigenvalue weighted by Crippen LogP contribution is 2.27. The molecule has 1 saturated heterocycles. The van der Waals surface area contributed by atoms with E-state index in [1.807, 2.05) is 0 Å². The van der Waals surface area contributed by atoms with Crippen LogP contribution >= 0.6 is 15.9 Å². The number of anilines is 1. The molecule has 1 aromatic rings. The number of nitrogens with two attached hydrogens (primary N) is 1. The van der Waals surface area contributed by atoms with Crippen LogP contribution in [0.3, 0.4) is 0 Å². The van der Waals surface area contributed by atoms with Crippen LogP contribution in [-0.2, 0) is 0 Å². The molecule has 1 aliphatic rings. The first-order valence-corrected chi connectivity index (χ1v) is 7.25. The van der Waals surface area contributed by atoms with Gasteiger partial charge in [0.05, 0.1) is 6.04 Å². The molecule has 0 aliphatic carbocycles. The topological polar surface area (TPSA) is 32.5 Å². The van der Waals surface area contributed by atoms with Crippen molar-refractivity contribution in [1.29, 1.82) is 0 Å². The zero-order chi connectivity index (χ0) is 13.3. The van der Waals surface area contributed by atoms with Crippen LogP contribution in [0.25, 0.3) is 0 Å². The minimum Gasteiger partial charge on any atom is -0.364 e. The van der Waals surface area contributed by atoms with Gasteiger partial charge < -0.3 is 10.6 Å². The molecule has 18 heavy (non-hydrogen) atoms. The van der Waals surface area contributed by atoms with Crippen molar-refractivity contribution in [2.45, 2.75) is 25.9 Å². The fraction of sp³-hybridized carbons (Fsp3) is 0.571. The third-order valence-electron chi connectivity index (χ3n) is 3.91. The number of benzene rings is 1. The average molecular weight is 312 g/mol. The maximum Gasteiger partial charge on any atom is 0.0540 e. The van der Waals surface area contributed by atoms with Gasteiger partial charge in [0.2, 0.25) is 0 Å². The van der Waals surface area contributed by atoms with Crippen LogP contribution in [0.4, 0.5) is 5.69 Å². The molecule has 2 N–H and O–H groups in total. The summed E-state index contributed by atoms with van der Waals surface area (Å²) < 4.78 is 1.17. The lowest BCUT2D eigenvalue weighted by Gasteiger charge is -2.45. The first-order valence-electron chi connectivity index (χ1n) is 6.46. The summed E-state index contributed by atoms with van der Waals surface area (Å²) in [7, 11) is 2.18. The largest absolute Gasteiger partial charge is 0.364 e. The fourth-order valence-electron chi connectivity index (χ4n) is 2.46. The summed E-state index contributed by atoms with van der Waals surface area (Å²) in [5.41, 5.74) is 8.46. The molecule has 1 aliphatic heterocycles. The summed E-state index contributed by atoms with van der Waals surface area (Å²) in [6.07, 6.45) is 0. The highest BCUT2D eigenvalue weighted by molar-refractivity contribution is 9.10. The molecule has 2 rings (SSSR count). The summed E-state index contributed by atoms with van der Waals surface area (Å²) in [4.78, 5) is 4.83. The van der Waals surface area contributed by atoms with E-state index < -0.39 is 0 Å². The van der Waals surface area contributed by atoms with Gasteiger partial charge in [-0.1, -0.05) is 22.0 Å². The molecule has 100 valence electrons. The van der Waals surface area contributed by atoms with Crippen molar-refractivity contribution in [2.24, 2.45) is 5.73 Å². The third kappa shape index (κ3) is 2.71. The van der Waals surface area contributed by atoms with Crippen molar-refractivity contribution in [2.75, 3.05) is 31.6 Å². The molecule has 0 radical (unpaired) electrons. The van der Waals surface area contributed by atoms with Gasteiger partial charge in [0, 0.05) is 35.8 Å². The van der Waals surface area contributed by atoms with Crippen LogP contribution < -0.4 is 10.6 Å². The predicted molar refractivity (Wildman–Crippen MR) is 81.2 cm³/mol. The van der Waals surface area contributed by atoms with Gasteiger partial charge in [0.1, 0.15) is 0 Å². The van der Waals surface area contributed by atoms with Crippen molar-refractivity contribution in [3.05, 3.63) is 28.2 Å². The maximum atomic E-state index is 5.93. The zero-order valence-electron chi connectivity index (χ0n) is 11.4. The van der Waals surface area contributed by atoms with Crippen LogP contribution in [-0.4, -0.2) is 43.7 Å². The van der Waals surface area contributed by atoms with E-state index in [0.29, 0.717) is 18.6 Å². The van der Waals surface area contributed by atoms with Crippen LogP contribution in [0.15, 0.2) is 22.7 Å². The van der Waals surface area contributed by atoms with Crippen molar-refractivity contribution >= 4 is 21.6 Å². The van der Waals surface area contributed by atoms with Crippen LogP contribution in [0.2, 0.25) is 0 Å². The van der Waals surface area contributed by atoms with Crippen LogP contribution in [0, 0.1) is 6.92 Å². The van der Waals surface area contributed by atoms with Gasteiger partial charge >= 0.3 is 0 Å². The Kier molecular flexibility index (Phi) is 4.30. The van der Waals surface area contributed by atoms with Gasteiger partial charge in [-0.25, -0.2) is 0 Å². The predicted octanol–water partition coefficient (Wildman–Crippen LogP) is 2.23. The molecule has 1 heterocycles. The van der Waals surface area contributed by atoms with Crippen LogP contribution in [0.1, 0.15) is 12.5 Å². The number of rotatable bonds is 2. The molecular formula is C14H22BrN3. The van der Waals surface area contributed by atoms with Gasteiger partial charge in [-0.2, -0.15) is 0 Å². The van der Waals surface area contributed by atoms with E-state index in [1.54, 1.807) is 0 Å². The molecule has 0 amide bonds. The van der Waals surface area contributed by atoms with Crippen molar-refractivity contribution in [3.63, 3.8) is 0 Å². The molecule has 0 aromatic heterocycles. The molecule has 1 fully saturated rings. The van der Waals surface area contributed by atoms with Gasteiger partial charge in [-0.05, 0) is 38.6 Å². The monoisotopic (exact) mass is 311 g/mol. The van der Waals surface area contributed by atoms with E-state index in [1.165, 1.54) is 15.7 Å². The number of aryl methyl sites for hydroxylation is 1. The molecule has 2 unspecified atom stereocenters. The number of likely N-dealkylation sites (N-methyl/N-ethyl adjacent to an activating group) is 1. The second kappa shape index (κ2) is 5.59. The second-order valence-electron chi connectivity index (χ2n) is 5.26.